The molecule has 0 spiro atoms. The normalized spacial score (nSPS) is 25.6. The number of nitrogens with one attached hydrogen (secondary N) is 1. The van der Waals surface area contributed by atoms with Gasteiger partial charge in [-0.3, -0.25) is 4.79 Å². The molecule has 2 unspecified atom stereocenters. The van der Waals surface area contributed by atoms with Gasteiger partial charge in [0.15, 0.2) is 0 Å². The lowest BCUT2D eigenvalue weighted by atomic mass is 9.80. The Morgan fingerprint density at radius 2 is 1.88 bits per heavy atom. The number of halogens is 1. The van der Waals surface area contributed by atoms with Gasteiger partial charge in [0.1, 0.15) is 0 Å². The van der Waals surface area contributed by atoms with Crippen LogP contribution in [0.15, 0.2) is 0 Å². The second kappa shape index (κ2) is 6.63. The summed E-state index contributed by atoms with van der Waals surface area (Å²) in [5.41, 5.74) is -0.245. The van der Waals surface area contributed by atoms with Crippen LogP contribution in [-0.2, 0) is 4.79 Å². The van der Waals surface area contributed by atoms with Crippen LogP contribution >= 0.6 is 11.6 Å². The fourth-order valence-electron chi connectivity index (χ4n) is 2.38. The summed E-state index contributed by atoms with van der Waals surface area (Å²) in [6, 6.07) is 0. The van der Waals surface area contributed by atoms with Crippen molar-refractivity contribution in [1.82, 2.24) is 5.32 Å². The Labute approximate surface area is 110 Å². The van der Waals surface area contributed by atoms with E-state index in [9.17, 15) is 4.79 Å². The molecule has 0 radical (unpaired) electrons. The van der Waals surface area contributed by atoms with Gasteiger partial charge in [0.25, 0.3) is 0 Å². The number of carbonyl (C=O) groups is 1. The van der Waals surface area contributed by atoms with Crippen molar-refractivity contribution in [2.24, 2.45) is 17.3 Å². The zero-order chi connectivity index (χ0) is 12.9. The van der Waals surface area contributed by atoms with Gasteiger partial charge in [-0.05, 0) is 31.1 Å². The average molecular weight is 260 g/mol. The largest absolute Gasteiger partial charge is 0.355 e. The molecule has 0 saturated heterocycles. The van der Waals surface area contributed by atoms with E-state index in [-0.39, 0.29) is 11.3 Å². The SMILES string of the molecule is CCC(C)(C)C(=O)NCC1CCCCC1CCl. The van der Waals surface area contributed by atoms with Crippen molar-refractivity contribution in [2.75, 3.05) is 12.4 Å². The molecule has 1 rings (SSSR count). The van der Waals surface area contributed by atoms with Crippen molar-refractivity contribution in [2.45, 2.75) is 52.9 Å². The summed E-state index contributed by atoms with van der Waals surface area (Å²) in [6.45, 7) is 6.87. The monoisotopic (exact) mass is 259 g/mol. The zero-order valence-corrected chi connectivity index (χ0v) is 12.1. The van der Waals surface area contributed by atoms with Crippen molar-refractivity contribution < 1.29 is 4.79 Å². The van der Waals surface area contributed by atoms with Crippen molar-refractivity contribution in [3.05, 3.63) is 0 Å². The molecule has 1 aliphatic rings. The van der Waals surface area contributed by atoms with E-state index in [0.717, 1.165) is 18.8 Å². The molecule has 1 aliphatic carbocycles. The predicted molar refractivity (Wildman–Crippen MR) is 73.2 cm³/mol. The second-order valence-corrected chi connectivity index (χ2v) is 6.21. The minimum atomic E-state index is -0.245. The Bertz CT molecular complexity index is 253. The number of carbonyl (C=O) groups excluding carboxylic acids is 1. The Kier molecular flexibility index (Phi) is 5.78. The van der Waals surface area contributed by atoms with Crippen LogP contribution in [0.2, 0.25) is 0 Å². The lowest BCUT2D eigenvalue weighted by molar-refractivity contribution is -0.129. The standard InChI is InChI=1S/C14H26ClNO/c1-4-14(2,3)13(17)16-10-12-8-6-5-7-11(12)9-15/h11-12H,4-10H2,1-3H3,(H,16,17). The first kappa shape index (κ1) is 14.8. The molecular weight excluding hydrogens is 234 g/mol. The lowest BCUT2D eigenvalue weighted by Crippen LogP contribution is -2.41. The van der Waals surface area contributed by atoms with Gasteiger partial charge < -0.3 is 5.32 Å². The van der Waals surface area contributed by atoms with Crippen LogP contribution in [0, 0.1) is 17.3 Å². The topological polar surface area (TPSA) is 29.1 Å². The fourth-order valence-corrected chi connectivity index (χ4v) is 2.79. The highest BCUT2D eigenvalue weighted by molar-refractivity contribution is 6.18. The molecule has 0 aromatic rings. The molecule has 1 saturated carbocycles. The zero-order valence-electron chi connectivity index (χ0n) is 11.4. The van der Waals surface area contributed by atoms with Gasteiger partial charge in [-0.1, -0.05) is 33.6 Å². The summed E-state index contributed by atoms with van der Waals surface area (Å²) in [4.78, 5) is 12.0. The van der Waals surface area contributed by atoms with E-state index in [1.807, 2.05) is 13.8 Å². The van der Waals surface area contributed by atoms with Crippen LogP contribution in [0.25, 0.3) is 0 Å². The van der Waals surface area contributed by atoms with Crippen molar-refractivity contribution in [3.63, 3.8) is 0 Å². The predicted octanol–water partition coefficient (Wildman–Crippen LogP) is 3.58. The summed E-state index contributed by atoms with van der Waals surface area (Å²) in [5.74, 6) is 2.09. The summed E-state index contributed by atoms with van der Waals surface area (Å²) < 4.78 is 0. The molecule has 100 valence electrons. The molecule has 1 amide bonds. The van der Waals surface area contributed by atoms with Crippen LogP contribution in [0.5, 0.6) is 0 Å². The third-order valence-electron chi connectivity index (χ3n) is 4.29. The van der Waals surface area contributed by atoms with Crippen LogP contribution in [0.3, 0.4) is 0 Å². The molecule has 0 bridgehead atoms. The Balaban J connectivity index is 2.41. The third kappa shape index (κ3) is 4.17. The van der Waals surface area contributed by atoms with E-state index < -0.39 is 0 Å². The Morgan fingerprint density at radius 3 is 2.41 bits per heavy atom. The fraction of sp³-hybridized carbons (Fsp3) is 0.929. The maximum absolute atomic E-state index is 12.0. The van der Waals surface area contributed by atoms with E-state index in [4.69, 9.17) is 11.6 Å². The van der Waals surface area contributed by atoms with Gasteiger partial charge in [-0.25, -0.2) is 0 Å². The molecule has 2 atom stereocenters. The van der Waals surface area contributed by atoms with E-state index in [0.29, 0.717) is 11.8 Å². The van der Waals surface area contributed by atoms with Crippen molar-refractivity contribution >= 4 is 17.5 Å². The number of alkyl halides is 1. The highest BCUT2D eigenvalue weighted by Crippen LogP contribution is 2.30. The maximum Gasteiger partial charge on any atom is 0.225 e. The van der Waals surface area contributed by atoms with E-state index in [1.54, 1.807) is 0 Å². The maximum atomic E-state index is 12.0. The Hall–Kier alpha value is -0.240. The summed E-state index contributed by atoms with van der Waals surface area (Å²) >= 11 is 5.99. The third-order valence-corrected chi connectivity index (χ3v) is 4.68. The summed E-state index contributed by atoms with van der Waals surface area (Å²) in [7, 11) is 0. The summed E-state index contributed by atoms with van der Waals surface area (Å²) in [5, 5.41) is 3.11. The highest BCUT2D eigenvalue weighted by atomic mass is 35.5. The van der Waals surface area contributed by atoms with Gasteiger partial charge in [-0.2, -0.15) is 0 Å². The number of amides is 1. The summed E-state index contributed by atoms with van der Waals surface area (Å²) in [6.07, 6.45) is 5.89. The second-order valence-electron chi connectivity index (χ2n) is 5.91. The first-order chi connectivity index (χ1) is 8.01. The molecule has 1 N–H and O–H groups in total. The first-order valence-electron chi connectivity index (χ1n) is 6.85. The molecule has 0 heterocycles. The van der Waals surface area contributed by atoms with Crippen molar-refractivity contribution in [3.8, 4) is 0 Å². The van der Waals surface area contributed by atoms with Gasteiger partial charge >= 0.3 is 0 Å². The highest BCUT2D eigenvalue weighted by Gasteiger charge is 2.28. The Morgan fingerprint density at radius 1 is 1.29 bits per heavy atom. The van der Waals surface area contributed by atoms with E-state index >= 15 is 0 Å². The quantitative estimate of drug-likeness (QED) is 0.752. The molecule has 0 aliphatic heterocycles. The number of rotatable bonds is 5. The van der Waals surface area contributed by atoms with Gasteiger partial charge in [-0.15, -0.1) is 11.6 Å². The van der Waals surface area contributed by atoms with Crippen LogP contribution in [0.4, 0.5) is 0 Å². The average Bonchev–Trinajstić information content (AvgIpc) is 2.36. The molecule has 2 nitrogen and oxygen atoms in total. The molecular formula is C14H26ClNO. The smallest absolute Gasteiger partial charge is 0.225 e. The first-order valence-corrected chi connectivity index (χ1v) is 7.39. The van der Waals surface area contributed by atoms with Crippen molar-refractivity contribution in [1.29, 1.82) is 0 Å². The molecule has 0 aromatic carbocycles. The molecule has 3 heteroatoms. The minimum Gasteiger partial charge on any atom is -0.355 e. The van der Waals surface area contributed by atoms with Crippen LogP contribution in [0.1, 0.15) is 52.9 Å². The molecule has 0 aromatic heterocycles. The molecule has 1 fully saturated rings. The van der Waals surface area contributed by atoms with Gasteiger partial charge in [0.05, 0.1) is 0 Å². The van der Waals surface area contributed by atoms with Crippen LogP contribution in [-0.4, -0.2) is 18.3 Å². The minimum absolute atomic E-state index is 0.180. The number of hydrogen-bond acceptors (Lipinski definition) is 1. The van der Waals surface area contributed by atoms with Gasteiger partial charge in [0, 0.05) is 17.8 Å². The van der Waals surface area contributed by atoms with E-state index in [2.05, 4.69) is 12.2 Å². The van der Waals surface area contributed by atoms with Gasteiger partial charge in [0.2, 0.25) is 5.91 Å². The number of hydrogen-bond donors (Lipinski definition) is 1. The van der Waals surface area contributed by atoms with Crippen LogP contribution < -0.4 is 5.32 Å². The molecule has 17 heavy (non-hydrogen) atoms. The lowest BCUT2D eigenvalue weighted by Gasteiger charge is -2.31. The van der Waals surface area contributed by atoms with E-state index in [1.165, 1.54) is 25.7 Å².